The number of fused-ring (bicyclic) bond motifs is 1. The molecular formula is C13H17N3O. The molecule has 4 nitrogen and oxygen atoms in total. The first kappa shape index (κ1) is 10.6. The van der Waals surface area contributed by atoms with Crippen molar-refractivity contribution >= 4 is 5.84 Å². The van der Waals surface area contributed by atoms with E-state index in [4.69, 9.17) is 9.73 Å². The molecule has 0 bridgehead atoms. The molecule has 2 unspecified atom stereocenters. The molecule has 0 radical (unpaired) electrons. The van der Waals surface area contributed by atoms with Crippen molar-refractivity contribution < 1.29 is 4.74 Å². The van der Waals surface area contributed by atoms with Crippen LogP contribution in [0.5, 0.6) is 5.75 Å². The molecule has 90 valence electrons. The van der Waals surface area contributed by atoms with Crippen LogP contribution in [0.3, 0.4) is 0 Å². The average molecular weight is 231 g/mol. The maximum Gasteiger partial charge on any atom is 0.129 e. The second-order valence-electron chi connectivity index (χ2n) is 4.52. The van der Waals surface area contributed by atoms with Gasteiger partial charge in [0, 0.05) is 12.1 Å². The summed E-state index contributed by atoms with van der Waals surface area (Å²) >= 11 is 0. The molecule has 17 heavy (non-hydrogen) atoms. The molecule has 2 atom stereocenters. The Bertz CT molecular complexity index is 444. The Balaban J connectivity index is 1.84. The highest BCUT2D eigenvalue weighted by molar-refractivity contribution is 6.00. The molecule has 0 spiro atoms. The molecular weight excluding hydrogens is 214 g/mol. The van der Waals surface area contributed by atoms with Crippen molar-refractivity contribution in [2.45, 2.75) is 18.5 Å². The summed E-state index contributed by atoms with van der Waals surface area (Å²) in [4.78, 5) is 4.77. The normalized spacial score (nSPS) is 27.0. The fourth-order valence-electron chi connectivity index (χ4n) is 2.45. The van der Waals surface area contributed by atoms with Gasteiger partial charge >= 0.3 is 0 Å². The van der Waals surface area contributed by atoms with Gasteiger partial charge in [0.05, 0.1) is 19.2 Å². The number of hydrogen-bond acceptors (Lipinski definition) is 4. The van der Waals surface area contributed by atoms with Gasteiger partial charge in [0.2, 0.25) is 0 Å². The molecule has 0 aliphatic carbocycles. The number of nitrogens with one attached hydrogen (secondary N) is 2. The zero-order valence-electron chi connectivity index (χ0n) is 9.94. The minimum atomic E-state index is 0.428. The van der Waals surface area contributed by atoms with Crippen LogP contribution < -0.4 is 15.4 Å². The maximum absolute atomic E-state index is 5.24. The summed E-state index contributed by atoms with van der Waals surface area (Å²) in [5.41, 5.74) is 1.11. The fraction of sp³-hybridized carbons (Fsp3) is 0.462. The highest BCUT2D eigenvalue weighted by Crippen LogP contribution is 2.19. The Hall–Kier alpha value is -1.55. The molecule has 0 amide bonds. The summed E-state index contributed by atoms with van der Waals surface area (Å²) in [6.07, 6.45) is 1.12. The molecule has 1 aromatic carbocycles. The highest BCUT2D eigenvalue weighted by atomic mass is 16.5. The molecule has 4 heteroatoms. The summed E-state index contributed by atoms with van der Waals surface area (Å²) in [7, 11) is 1.69. The summed E-state index contributed by atoms with van der Waals surface area (Å²) in [5, 5.41) is 6.88. The smallest absolute Gasteiger partial charge is 0.129 e. The summed E-state index contributed by atoms with van der Waals surface area (Å²) < 4.78 is 5.24. The van der Waals surface area contributed by atoms with Crippen molar-refractivity contribution in [2.75, 3.05) is 20.2 Å². The molecule has 1 aromatic rings. The lowest BCUT2D eigenvalue weighted by Crippen LogP contribution is -2.48. The quantitative estimate of drug-likeness (QED) is 0.790. The van der Waals surface area contributed by atoms with Gasteiger partial charge in [-0.2, -0.15) is 0 Å². The number of rotatable bonds is 2. The van der Waals surface area contributed by atoms with Gasteiger partial charge in [-0.05, 0) is 25.1 Å². The average Bonchev–Trinajstić information content (AvgIpc) is 2.82. The number of hydrogen-bond donors (Lipinski definition) is 2. The van der Waals surface area contributed by atoms with Crippen molar-refractivity contribution in [1.29, 1.82) is 0 Å². The van der Waals surface area contributed by atoms with Gasteiger partial charge in [0.15, 0.2) is 0 Å². The van der Waals surface area contributed by atoms with E-state index in [0.29, 0.717) is 12.1 Å². The van der Waals surface area contributed by atoms with Crippen LogP contribution in [0.15, 0.2) is 29.3 Å². The van der Waals surface area contributed by atoms with Crippen molar-refractivity contribution in [3.05, 3.63) is 29.8 Å². The van der Waals surface area contributed by atoms with E-state index >= 15 is 0 Å². The molecule has 2 aliphatic rings. The number of ether oxygens (including phenoxy) is 1. The van der Waals surface area contributed by atoms with Gasteiger partial charge in [-0.25, -0.2) is 0 Å². The van der Waals surface area contributed by atoms with Gasteiger partial charge in [-0.3, -0.25) is 4.99 Å². The predicted molar refractivity (Wildman–Crippen MR) is 67.7 cm³/mol. The Kier molecular flexibility index (Phi) is 2.73. The van der Waals surface area contributed by atoms with Gasteiger partial charge in [0.25, 0.3) is 0 Å². The van der Waals surface area contributed by atoms with Gasteiger partial charge in [-0.15, -0.1) is 0 Å². The first-order chi connectivity index (χ1) is 8.36. The number of amidine groups is 1. The zero-order valence-corrected chi connectivity index (χ0v) is 9.94. The van der Waals surface area contributed by atoms with Crippen LogP contribution in [0.2, 0.25) is 0 Å². The molecule has 0 aromatic heterocycles. The van der Waals surface area contributed by atoms with Crippen LogP contribution >= 0.6 is 0 Å². The lowest BCUT2D eigenvalue weighted by Gasteiger charge is -2.24. The third-order valence-electron chi connectivity index (χ3n) is 3.41. The monoisotopic (exact) mass is 231 g/mol. The van der Waals surface area contributed by atoms with E-state index in [1.807, 2.05) is 18.2 Å². The molecule has 1 saturated heterocycles. The van der Waals surface area contributed by atoms with E-state index in [9.17, 15) is 0 Å². The Labute approximate surface area is 101 Å². The number of benzene rings is 1. The Morgan fingerprint density at radius 1 is 1.41 bits per heavy atom. The van der Waals surface area contributed by atoms with Crippen molar-refractivity contribution in [3.63, 3.8) is 0 Å². The van der Waals surface area contributed by atoms with Crippen LogP contribution in [0.25, 0.3) is 0 Å². The molecule has 3 rings (SSSR count). The third kappa shape index (κ3) is 2.00. The van der Waals surface area contributed by atoms with Crippen LogP contribution in [0, 0.1) is 0 Å². The first-order valence-corrected chi connectivity index (χ1v) is 6.06. The Morgan fingerprint density at radius 3 is 3.18 bits per heavy atom. The lowest BCUT2D eigenvalue weighted by atomic mass is 10.0. The minimum Gasteiger partial charge on any atom is -0.497 e. The van der Waals surface area contributed by atoms with Crippen LogP contribution in [-0.4, -0.2) is 38.1 Å². The van der Waals surface area contributed by atoms with Crippen LogP contribution in [-0.2, 0) is 0 Å². The van der Waals surface area contributed by atoms with Gasteiger partial charge < -0.3 is 15.4 Å². The first-order valence-electron chi connectivity index (χ1n) is 6.06. The van der Waals surface area contributed by atoms with Crippen molar-refractivity contribution in [3.8, 4) is 5.75 Å². The number of methoxy groups -OCH3 is 1. The summed E-state index contributed by atoms with van der Waals surface area (Å²) in [5.74, 6) is 1.88. The lowest BCUT2D eigenvalue weighted by molar-refractivity contribution is 0.402. The molecule has 1 fully saturated rings. The highest BCUT2D eigenvalue weighted by Gasteiger charge is 2.31. The van der Waals surface area contributed by atoms with E-state index in [0.717, 1.165) is 36.7 Å². The SMILES string of the molecule is COc1cccc(C2=NC3CCNCC3N2)c1. The van der Waals surface area contributed by atoms with E-state index in [1.165, 1.54) is 0 Å². The number of nitrogens with zero attached hydrogens (tertiary/aromatic N) is 1. The van der Waals surface area contributed by atoms with Crippen LogP contribution in [0.1, 0.15) is 12.0 Å². The van der Waals surface area contributed by atoms with E-state index in [2.05, 4.69) is 16.7 Å². The molecule has 2 heterocycles. The van der Waals surface area contributed by atoms with E-state index in [-0.39, 0.29) is 0 Å². The van der Waals surface area contributed by atoms with Crippen LogP contribution in [0.4, 0.5) is 0 Å². The molecule has 2 aliphatic heterocycles. The minimum absolute atomic E-state index is 0.428. The fourth-order valence-corrected chi connectivity index (χ4v) is 2.45. The molecule has 0 saturated carbocycles. The maximum atomic E-state index is 5.24. The summed E-state index contributed by atoms with van der Waals surface area (Å²) in [6, 6.07) is 8.92. The number of piperidine rings is 1. The van der Waals surface area contributed by atoms with Crippen molar-refractivity contribution in [1.82, 2.24) is 10.6 Å². The third-order valence-corrected chi connectivity index (χ3v) is 3.41. The zero-order chi connectivity index (χ0) is 11.7. The number of aliphatic imine (C=N–C) groups is 1. The predicted octanol–water partition coefficient (Wildman–Crippen LogP) is 0.775. The summed E-state index contributed by atoms with van der Waals surface area (Å²) in [6.45, 7) is 2.07. The molecule has 2 N–H and O–H groups in total. The topological polar surface area (TPSA) is 45.6 Å². The largest absolute Gasteiger partial charge is 0.497 e. The van der Waals surface area contributed by atoms with Gasteiger partial charge in [-0.1, -0.05) is 12.1 Å². The van der Waals surface area contributed by atoms with E-state index < -0.39 is 0 Å². The standard InChI is InChI=1S/C13H17N3O/c1-17-10-4-2-3-9(7-10)13-15-11-5-6-14-8-12(11)16-13/h2-4,7,11-12,14H,5-6,8H2,1H3,(H,15,16). The Morgan fingerprint density at radius 2 is 2.35 bits per heavy atom. The van der Waals surface area contributed by atoms with Gasteiger partial charge in [0.1, 0.15) is 11.6 Å². The van der Waals surface area contributed by atoms with Crippen molar-refractivity contribution in [2.24, 2.45) is 4.99 Å². The van der Waals surface area contributed by atoms with E-state index in [1.54, 1.807) is 7.11 Å². The second-order valence-corrected chi connectivity index (χ2v) is 4.52. The second kappa shape index (κ2) is 4.37.